The van der Waals surface area contributed by atoms with Crippen LogP contribution in [0.2, 0.25) is 0 Å². The topological polar surface area (TPSA) is 48.0 Å². The summed E-state index contributed by atoms with van der Waals surface area (Å²) in [5.74, 6) is 1.78. The van der Waals surface area contributed by atoms with E-state index in [-0.39, 0.29) is 6.73 Å². The molecule has 1 amide bonds. The Morgan fingerprint density at radius 2 is 1.63 bits per heavy atom. The second-order valence-electron chi connectivity index (χ2n) is 6.40. The molecule has 146 valence electrons. The SMILES string of the molecule is CCC(C)c1ccc(OC(C)OCN(CC)C(=O)Oc2ccccc2)cc1. The maximum Gasteiger partial charge on any atom is 0.417 e. The van der Waals surface area contributed by atoms with Crippen LogP contribution in [0.25, 0.3) is 0 Å². The van der Waals surface area contributed by atoms with E-state index in [0.717, 1.165) is 12.2 Å². The Balaban J connectivity index is 1.82. The molecular formula is C22H29NO4. The van der Waals surface area contributed by atoms with Crippen LogP contribution in [0.15, 0.2) is 54.6 Å². The highest BCUT2D eigenvalue weighted by atomic mass is 16.7. The second-order valence-corrected chi connectivity index (χ2v) is 6.40. The lowest BCUT2D eigenvalue weighted by Crippen LogP contribution is -2.37. The molecule has 0 aliphatic carbocycles. The Labute approximate surface area is 161 Å². The Morgan fingerprint density at radius 3 is 2.22 bits per heavy atom. The summed E-state index contributed by atoms with van der Waals surface area (Å²) < 4.78 is 16.8. The van der Waals surface area contributed by atoms with E-state index in [0.29, 0.717) is 18.2 Å². The fourth-order valence-corrected chi connectivity index (χ4v) is 2.46. The number of carbonyl (C=O) groups excluding carboxylic acids is 1. The fourth-order valence-electron chi connectivity index (χ4n) is 2.46. The third kappa shape index (κ3) is 6.61. The second kappa shape index (κ2) is 10.6. The Kier molecular flexibility index (Phi) is 8.14. The number of para-hydroxylation sites is 1. The number of hydrogen-bond acceptors (Lipinski definition) is 4. The van der Waals surface area contributed by atoms with Crippen molar-refractivity contribution in [3.63, 3.8) is 0 Å². The van der Waals surface area contributed by atoms with E-state index >= 15 is 0 Å². The van der Waals surface area contributed by atoms with Crippen LogP contribution in [-0.4, -0.2) is 30.6 Å². The summed E-state index contributed by atoms with van der Waals surface area (Å²) >= 11 is 0. The minimum Gasteiger partial charge on any atom is -0.465 e. The summed E-state index contributed by atoms with van der Waals surface area (Å²) in [6, 6.07) is 17.0. The molecule has 5 nitrogen and oxygen atoms in total. The zero-order valence-electron chi connectivity index (χ0n) is 16.6. The van der Waals surface area contributed by atoms with E-state index in [1.165, 1.54) is 10.5 Å². The zero-order valence-corrected chi connectivity index (χ0v) is 16.6. The Morgan fingerprint density at radius 1 is 0.963 bits per heavy atom. The van der Waals surface area contributed by atoms with Crippen LogP contribution in [0, 0.1) is 0 Å². The Bertz CT molecular complexity index is 687. The van der Waals surface area contributed by atoms with Crippen molar-refractivity contribution in [2.75, 3.05) is 13.3 Å². The molecule has 27 heavy (non-hydrogen) atoms. The van der Waals surface area contributed by atoms with Crippen molar-refractivity contribution < 1.29 is 19.0 Å². The van der Waals surface area contributed by atoms with Gasteiger partial charge in [0.1, 0.15) is 18.2 Å². The number of hydrogen-bond donors (Lipinski definition) is 0. The first kappa shape index (κ1) is 20.8. The van der Waals surface area contributed by atoms with Gasteiger partial charge in [0.05, 0.1) is 0 Å². The molecule has 2 aromatic rings. The minimum absolute atomic E-state index is 0.0916. The van der Waals surface area contributed by atoms with Gasteiger partial charge >= 0.3 is 6.09 Å². The molecule has 0 fully saturated rings. The first-order valence-corrected chi connectivity index (χ1v) is 9.43. The lowest BCUT2D eigenvalue weighted by atomic mass is 9.99. The van der Waals surface area contributed by atoms with Crippen LogP contribution in [0.4, 0.5) is 4.79 Å². The van der Waals surface area contributed by atoms with E-state index in [1.807, 2.05) is 37.3 Å². The molecule has 0 aromatic heterocycles. The number of benzene rings is 2. The molecule has 0 bridgehead atoms. The smallest absolute Gasteiger partial charge is 0.417 e. The van der Waals surface area contributed by atoms with Crippen molar-refractivity contribution in [3.8, 4) is 11.5 Å². The number of amides is 1. The quantitative estimate of drug-likeness (QED) is 0.552. The van der Waals surface area contributed by atoms with Crippen molar-refractivity contribution in [2.24, 2.45) is 0 Å². The summed E-state index contributed by atoms with van der Waals surface area (Å²) in [4.78, 5) is 13.7. The third-order valence-corrected chi connectivity index (χ3v) is 4.42. The molecule has 5 heteroatoms. The molecule has 2 rings (SSSR count). The number of ether oxygens (including phenoxy) is 3. The molecule has 2 atom stereocenters. The van der Waals surface area contributed by atoms with E-state index < -0.39 is 12.4 Å². The van der Waals surface area contributed by atoms with Gasteiger partial charge in [0.25, 0.3) is 0 Å². The first-order valence-electron chi connectivity index (χ1n) is 9.43. The minimum atomic E-state index is -0.488. The first-order chi connectivity index (χ1) is 13.0. The molecule has 2 unspecified atom stereocenters. The van der Waals surface area contributed by atoms with E-state index in [9.17, 15) is 4.79 Å². The summed E-state index contributed by atoms with van der Waals surface area (Å²) in [5, 5.41) is 0. The van der Waals surface area contributed by atoms with Crippen molar-refractivity contribution >= 4 is 6.09 Å². The maximum atomic E-state index is 12.2. The van der Waals surface area contributed by atoms with Gasteiger partial charge in [-0.2, -0.15) is 0 Å². The monoisotopic (exact) mass is 371 g/mol. The summed E-state index contributed by atoms with van der Waals surface area (Å²) in [7, 11) is 0. The van der Waals surface area contributed by atoms with Crippen molar-refractivity contribution in [1.29, 1.82) is 0 Å². The largest absolute Gasteiger partial charge is 0.465 e. The van der Waals surface area contributed by atoms with Gasteiger partial charge in [0, 0.05) is 6.54 Å². The zero-order chi connectivity index (χ0) is 19.6. The molecule has 0 saturated heterocycles. The van der Waals surface area contributed by atoms with E-state index in [2.05, 4.69) is 26.0 Å². The summed E-state index contributed by atoms with van der Waals surface area (Å²) in [6.07, 6.45) is 0.165. The Hall–Kier alpha value is -2.53. The molecule has 2 aromatic carbocycles. The molecule has 0 heterocycles. The molecule has 0 aliphatic heterocycles. The van der Waals surface area contributed by atoms with Gasteiger partial charge in [-0.15, -0.1) is 0 Å². The lowest BCUT2D eigenvalue weighted by Gasteiger charge is -2.23. The molecule has 0 spiro atoms. The standard InChI is InChI=1S/C22H29NO4/c1-5-17(3)19-12-14-21(15-13-19)26-18(4)25-16-23(6-2)22(24)27-20-10-8-7-9-11-20/h7-15,17-18H,5-6,16H2,1-4H3. The van der Waals surface area contributed by atoms with Gasteiger partial charge in [0.2, 0.25) is 0 Å². The van der Waals surface area contributed by atoms with Crippen LogP contribution in [0.1, 0.15) is 45.6 Å². The van der Waals surface area contributed by atoms with Gasteiger partial charge < -0.3 is 14.2 Å². The van der Waals surface area contributed by atoms with Gasteiger partial charge in [-0.3, -0.25) is 4.90 Å². The summed E-state index contributed by atoms with van der Waals surface area (Å²) in [6.45, 7) is 8.62. The lowest BCUT2D eigenvalue weighted by molar-refractivity contribution is -0.0986. The van der Waals surface area contributed by atoms with Crippen LogP contribution in [0.3, 0.4) is 0 Å². The maximum absolute atomic E-state index is 12.2. The fraction of sp³-hybridized carbons (Fsp3) is 0.409. The van der Waals surface area contributed by atoms with Crippen LogP contribution >= 0.6 is 0 Å². The van der Waals surface area contributed by atoms with Crippen molar-refractivity contribution in [1.82, 2.24) is 4.90 Å². The van der Waals surface area contributed by atoms with Gasteiger partial charge in [-0.1, -0.05) is 44.2 Å². The predicted molar refractivity (Wildman–Crippen MR) is 106 cm³/mol. The third-order valence-electron chi connectivity index (χ3n) is 4.42. The number of rotatable bonds is 9. The van der Waals surface area contributed by atoms with Crippen molar-refractivity contribution in [3.05, 3.63) is 60.2 Å². The average Bonchev–Trinajstić information content (AvgIpc) is 2.69. The average molecular weight is 371 g/mol. The number of carbonyl (C=O) groups is 1. The highest BCUT2D eigenvalue weighted by Crippen LogP contribution is 2.22. The molecular weight excluding hydrogens is 342 g/mol. The summed E-state index contributed by atoms with van der Waals surface area (Å²) in [5.41, 5.74) is 1.29. The normalized spacial score (nSPS) is 12.9. The van der Waals surface area contributed by atoms with Gasteiger partial charge in [-0.25, -0.2) is 4.79 Å². The highest BCUT2D eigenvalue weighted by Gasteiger charge is 2.16. The molecule has 0 radical (unpaired) electrons. The van der Waals surface area contributed by atoms with Gasteiger partial charge in [0.15, 0.2) is 6.29 Å². The number of nitrogens with zero attached hydrogens (tertiary/aromatic N) is 1. The van der Waals surface area contributed by atoms with E-state index in [1.54, 1.807) is 19.1 Å². The van der Waals surface area contributed by atoms with E-state index in [4.69, 9.17) is 14.2 Å². The highest BCUT2D eigenvalue weighted by molar-refractivity contribution is 5.70. The molecule has 0 saturated carbocycles. The van der Waals surface area contributed by atoms with Gasteiger partial charge in [-0.05, 0) is 56.0 Å². The van der Waals surface area contributed by atoms with Crippen LogP contribution < -0.4 is 9.47 Å². The van der Waals surface area contributed by atoms with Crippen LogP contribution in [0.5, 0.6) is 11.5 Å². The molecule has 0 aliphatic rings. The van der Waals surface area contributed by atoms with Crippen LogP contribution in [-0.2, 0) is 4.74 Å². The van der Waals surface area contributed by atoms with Crippen molar-refractivity contribution in [2.45, 2.75) is 46.3 Å². The predicted octanol–water partition coefficient (Wildman–Crippen LogP) is 5.42. The molecule has 0 N–H and O–H groups in total.